The molecule has 19 heavy (non-hydrogen) atoms. The fourth-order valence-corrected chi connectivity index (χ4v) is 2.83. The van der Waals surface area contributed by atoms with E-state index in [1.807, 2.05) is 0 Å². The topological polar surface area (TPSA) is 90.2 Å². The molecule has 1 aliphatic carbocycles. The molecule has 6 nitrogen and oxygen atoms in total. The molecule has 2 aliphatic rings. The first-order valence-corrected chi connectivity index (χ1v) is 6.78. The molecule has 1 aliphatic heterocycles. The van der Waals surface area contributed by atoms with E-state index in [9.17, 15) is 14.7 Å². The van der Waals surface area contributed by atoms with Crippen molar-refractivity contribution in [2.45, 2.75) is 57.6 Å². The molecule has 0 aromatic rings. The maximum Gasteiger partial charge on any atom is 0.304 e. The Morgan fingerprint density at radius 3 is 2.74 bits per heavy atom. The third-order valence-electron chi connectivity index (χ3n) is 3.93. The molecule has 2 N–H and O–H groups in total. The number of aliphatic hydroxyl groups is 1. The van der Waals surface area contributed by atoms with Crippen LogP contribution in [0.4, 0.5) is 0 Å². The molecule has 0 radical (unpaired) electrons. The van der Waals surface area contributed by atoms with E-state index < -0.39 is 18.0 Å². The van der Waals surface area contributed by atoms with Crippen LogP contribution in [0, 0.1) is 5.92 Å². The highest BCUT2D eigenvalue weighted by molar-refractivity contribution is 6.08. The molecule has 0 aromatic heterocycles. The van der Waals surface area contributed by atoms with Gasteiger partial charge in [0.1, 0.15) is 0 Å². The fourth-order valence-electron chi connectivity index (χ4n) is 2.83. The second-order valence-electron chi connectivity index (χ2n) is 5.35. The highest BCUT2D eigenvalue weighted by Crippen LogP contribution is 2.28. The van der Waals surface area contributed by atoms with Gasteiger partial charge in [0.05, 0.1) is 24.5 Å². The summed E-state index contributed by atoms with van der Waals surface area (Å²) < 4.78 is 0. The molecule has 1 heterocycles. The first-order valence-electron chi connectivity index (χ1n) is 6.78. The van der Waals surface area contributed by atoms with Gasteiger partial charge in [0.2, 0.25) is 0 Å². The van der Waals surface area contributed by atoms with Gasteiger partial charge in [-0.1, -0.05) is 19.3 Å². The zero-order valence-corrected chi connectivity index (χ0v) is 11.1. The number of rotatable bonds is 3. The van der Waals surface area contributed by atoms with Crippen molar-refractivity contribution in [3.8, 4) is 0 Å². The molecule has 1 fully saturated rings. The number of carboxylic acids is 1. The number of aliphatic hydroxyl groups excluding tert-OH is 1. The highest BCUT2D eigenvalue weighted by atomic mass is 16.4. The lowest BCUT2D eigenvalue weighted by atomic mass is 9.99. The van der Waals surface area contributed by atoms with Crippen LogP contribution in [0.3, 0.4) is 0 Å². The van der Waals surface area contributed by atoms with Gasteiger partial charge < -0.3 is 10.2 Å². The van der Waals surface area contributed by atoms with Crippen molar-refractivity contribution in [2.75, 3.05) is 0 Å². The lowest BCUT2D eigenvalue weighted by Gasteiger charge is -2.27. The van der Waals surface area contributed by atoms with Crippen molar-refractivity contribution in [3.63, 3.8) is 0 Å². The van der Waals surface area contributed by atoms with Gasteiger partial charge in [-0.3, -0.25) is 9.59 Å². The number of aliphatic carboxylic acids is 1. The van der Waals surface area contributed by atoms with Crippen LogP contribution in [-0.2, 0) is 9.59 Å². The minimum absolute atomic E-state index is 0.229. The lowest BCUT2D eigenvalue weighted by Crippen LogP contribution is -2.43. The van der Waals surface area contributed by atoms with E-state index >= 15 is 0 Å². The zero-order valence-electron chi connectivity index (χ0n) is 11.1. The Kier molecular flexibility index (Phi) is 4.19. The number of hydrogen-bond acceptors (Lipinski definition) is 4. The van der Waals surface area contributed by atoms with Crippen molar-refractivity contribution in [1.82, 2.24) is 5.01 Å². The quantitative estimate of drug-likeness (QED) is 0.747. The van der Waals surface area contributed by atoms with Crippen LogP contribution in [0.15, 0.2) is 5.10 Å². The second-order valence-corrected chi connectivity index (χ2v) is 5.35. The first kappa shape index (κ1) is 14.0. The largest absolute Gasteiger partial charge is 0.481 e. The predicted molar refractivity (Wildman–Crippen MR) is 68.6 cm³/mol. The third kappa shape index (κ3) is 2.94. The number of carbonyl (C=O) groups excluding carboxylic acids is 1. The highest BCUT2D eigenvalue weighted by Gasteiger charge is 2.40. The lowest BCUT2D eigenvalue weighted by molar-refractivity contribution is -0.143. The fraction of sp³-hybridized carbons (Fsp3) is 0.769. The molecular weight excluding hydrogens is 248 g/mol. The van der Waals surface area contributed by atoms with Gasteiger partial charge in [0, 0.05) is 5.71 Å². The van der Waals surface area contributed by atoms with Crippen LogP contribution < -0.4 is 0 Å². The SMILES string of the molecule is CC1=NN(C2CCCCCC2O)C(=O)C1CC(=O)O. The molecule has 0 spiro atoms. The van der Waals surface area contributed by atoms with Gasteiger partial charge in [-0.15, -0.1) is 0 Å². The summed E-state index contributed by atoms with van der Waals surface area (Å²) in [6.45, 7) is 1.68. The molecule has 0 bridgehead atoms. The monoisotopic (exact) mass is 268 g/mol. The molecule has 1 amide bonds. The summed E-state index contributed by atoms with van der Waals surface area (Å²) in [6, 6.07) is -0.302. The Hall–Kier alpha value is -1.43. The molecular formula is C13H20N2O4. The molecule has 3 unspecified atom stereocenters. The molecule has 0 saturated heterocycles. The minimum atomic E-state index is -1.00. The smallest absolute Gasteiger partial charge is 0.304 e. The number of amides is 1. The summed E-state index contributed by atoms with van der Waals surface area (Å²) in [5.74, 6) is -1.96. The Bertz CT molecular complexity index is 407. The van der Waals surface area contributed by atoms with Crippen molar-refractivity contribution in [2.24, 2.45) is 11.0 Å². The average Bonchev–Trinajstić information content (AvgIpc) is 2.54. The molecule has 6 heteroatoms. The van der Waals surface area contributed by atoms with Gasteiger partial charge in [-0.2, -0.15) is 5.10 Å². The normalized spacial score (nSPS) is 32.1. The van der Waals surface area contributed by atoms with Crippen LogP contribution in [0.2, 0.25) is 0 Å². The van der Waals surface area contributed by atoms with Gasteiger partial charge in [-0.05, 0) is 19.8 Å². The van der Waals surface area contributed by atoms with E-state index in [4.69, 9.17) is 5.11 Å². The van der Waals surface area contributed by atoms with Crippen LogP contribution in [0.1, 0.15) is 45.4 Å². The van der Waals surface area contributed by atoms with Crippen LogP contribution in [0.5, 0.6) is 0 Å². The van der Waals surface area contributed by atoms with E-state index in [0.717, 1.165) is 25.7 Å². The molecule has 2 rings (SSSR count). The summed E-state index contributed by atoms with van der Waals surface area (Å²) in [5.41, 5.74) is 0.531. The molecule has 1 saturated carbocycles. The predicted octanol–water partition coefficient (Wildman–Crippen LogP) is 0.989. The Morgan fingerprint density at radius 2 is 2.05 bits per heavy atom. The second kappa shape index (κ2) is 5.69. The summed E-state index contributed by atoms with van der Waals surface area (Å²) in [7, 11) is 0. The Labute approximate surface area is 112 Å². The van der Waals surface area contributed by atoms with Crippen LogP contribution >= 0.6 is 0 Å². The standard InChI is InChI=1S/C13H20N2O4/c1-8-9(7-12(17)18)13(19)15(14-8)10-5-3-2-4-6-11(10)16/h9-11,16H,2-7H2,1H3,(H,17,18). The van der Waals surface area contributed by atoms with E-state index in [1.165, 1.54) is 5.01 Å². The number of hydrogen-bond donors (Lipinski definition) is 2. The van der Waals surface area contributed by atoms with Crippen molar-refractivity contribution < 1.29 is 19.8 Å². The zero-order chi connectivity index (χ0) is 14.0. The molecule has 106 valence electrons. The van der Waals surface area contributed by atoms with E-state index in [-0.39, 0.29) is 18.4 Å². The summed E-state index contributed by atoms with van der Waals surface area (Å²) in [4.78, 5) is 23.0. The summed E-state index contributed by atoms with van der Waals surface area (Å²) in [6.07, 6.45) is 3.58. The van der Waals surface area contributed by atoms with E-state index in [0.29, 0.717) is 12.1 Å². The Morgan fingerprint density at radius 1 is 1.37 bits per heavy atom. The van der Waals surface area contributed by atoms with Gasteiger partial charge in [-0.25, -0.2) is 5.01 Å². The molecule has 0 aromatic carbocycles. The summed E-state index contributed by atoms with van der Waals surface area (Å²) in [5, 5.41) is 24.5. The average molecular weight is 268 g/mol. The number of carboxylic acid groups (broad SMARTS) is 1. The van der Waals surface area contributed by atoms with Crippen molar-refractivity contribution >= 4 is 17.6 Å². The van der Waals surface area contributed by atoms with Crippen molar-refractivity contribution in [1.29, 1.82) is 0 Å². The summed E-state index contributed by atoms with van der Waals surface area (Å²) >= 11 is 0. The van der Waals surface area contributed by atoms with E-state index in [1.54, 1.807) is 6.92 Å². The number of hydrazone groups is 1. The number of nitrogens with zero attached hydrogens (tertiary/aromatic N) is 2. The number of carbonyl (C=O) groups is 2. The van der Waals surface area contributed by atoms with E-state index in [2.05, 4.69) is 5.10 Å². The van der Waals surface area contributed by atoms with Gasteiger partial charge in [0.15, 0.2) is 0 Å². The maximum atomic E-state index is 12.2. The van der Waals surface area contributed by atoms with Gasteiger partial charge in [0.25, 0.3) is 5.91 Å². The minimum Gasteiger partial charge on any atom is -0.481 e. The van der Waals surface area contributed by atoms with Crippen LogP contribution in [0.25, 0.3) is 0 Å². The van der Waals surface area contributed by atoms with Crippen molar-refractivity contribution in [3.05, 3.63) is 0 Å². The van der Waals surface area contributed by atoms with Crippen LogP contribution in [-0.4, -0.2) is 45.0 Å². The first-order chi connectivity index (χ1) is 9.00. The van der Waals surface area contributed by atoms with Gasteiger partial charge >= 0.3 is 5.97 Å². The maximum absolute atomic E-state index is 12.2. The Balaban J connectivity index is 2.13. The molecule has 3 atom stereocenters. The third-order valence-corrected chi connectivity index (χ3v) is 3.93.